The lowest BCUT2D eigenvalue weighted by Crippen LogP contribution is -2.13. The van der Waals surface area contributed by atoms with E-state index in [0.29, 0.717) is 28.1 Å². The Kier molecular flexibility index (Phi) is 4.49. The molecule has 10 heteroatoms. The van der Waals surface area contributed by atoms with E-state index in [2.05, 4.69) is 30.8 Å². The first-order chi connectivity index (χ1) is 14.0. The predicted molar refractivity (Wildman–Crippen MR) is 107 cm³/mol. The molecule has 144 valence electrons. The molecule has 0 aliphatic rings. The molecule has 0 atom stereocenters. The molecular formula is C19H15N7O3. The summed E-state index contributed by atoms with van der Waals surface area (Å²) in [5.41, 5.74) is 7.54. The van der Waals surface area contributed by atoms with E-state index in [1.807, 2.05) is 0 Å². The van der Waals surface area contributed by atoms with Crippen molar-refractivity contribution >= 4 is 45.9 Å². The number of benzene rings is 2. The predicted octanol–water partition coefficient (Wildman–Crippen LogP) is 2.63. The van der Waals surface area contributed by atoms with Gasteiger partial charge in [-0.2, -0.15) is 10.1 Å². The first-order valence-electron chi connectivity index (χ1n) is 8.48. The quantitative estimate of drug-likeness (QED) is 0.348. The average Bonchev–Trinajstić information content (AvgIpc) is 3.11. The van der Waals surface area contributed by atoms with E-state index in [1.54, 1.807) is 36.4 Å². The van der Waals surface area contributed by atoms with Gasteiger partial charge in [-0.3, -0.25) is 9.89 Å². The fourth-order valence-electron chi connectivity index (χ4n) is 2.78. The van der Waals surface area contributed by atoms with Crippen molar-refractivity contribution in [1.82, 2.24) is 20.2 Å². The number of anilines is 4. The minimum Gasteiger partial charge on any atom is -0.478 e. The van der Waals surface area contributed by atoms with Crippen LogP contribution in [0.3, 0.4) is 0 Å². The van der Waals surface area contributed by atoms with Crippen LogP contribution in [0.25, 0.3) is 10.9 Å². The van der Waals surface area contributed by atoms with Gasteiger partial charge in [0.1, 0.15) is 5.82 Å². The fourth-order valence-corrected chi connectivity index (χ4v) is 2.78. The summed E-state index contributed by atoms with van der Waals surface area (Å²) in [6.07, 6.45) is 1.53. The Bertz CT molecular complexity index is 1240. The first-order valence-corrected chi connectivity index (χ1v) is 8.48. The SMILES string of the molecule is Nc1nccc(Nc2ccc3[nH]nc(C(=O)Nc4cccc(C(=O)O)c4)c3c2)n1. The summed E-state index contributed by atoms with van der Waals surface area (Å²) < 4.78 is 0. The molecule has 10 nitrogen and oxygen atoms in total. The number of fused-ring (bicyclic) bond motifs is 1. The molecule has 2 aromatic heterocycles. The molecule has 0 aliphatic carbocycles. The van der Waals surface area contributed by atoms with E-state index in [1.165, 1.54) is 18.3 Å². The van der Waals surface area contributed by atoms with Crippen molar-refractivity contribution in [3.63, 3.8) is 0 Å². The molecule has 0 radical (unpaired) electrons. The highest BCUT2D eigenvalue weighted by atomic mass is 16.4. The fraction of sp³-hybridized carbons (Fsp3) is 0. The van der Waals surface area contributed by atoms with Crippen molar-refractivity contribution in [2.24, 2.45) is 0 Å². The molecule has 0 spiro atoms. The van der Waals surface area contributed by atoms with Crippen LogP contribution in [-0.2, 0) is 0 Å². The van der Waals surface area contributed by atoms with Gasteiger partial charge in [-0.05, 0) is 42.5 Å². The zero-order valence-corrected chi connectivity index (χ0v) is 14.9. The van der Waals surface area contributed by atoms with Crippen LogP contribution in [0, 0.1) is 0 Å². The zero-order valence-electron chi connectivity index (χ0n) is 14.9. The molecular weight excluding hydrogens is 374 g/mol. The number of H-pyrrole nitrogens is 1. The van der Waals surface area contributed by atoms with E-state index in [-0.39, 0.29) is 17.2 Å². The summed E-state index contributed by atoms with van der Waals surface area (Å²) >= 11 is 0. The molecule has 0 aliphatic heterocycles. The number of aromatic carboxylic acids is 1. The molecule has 0 unspecified atom stereocenters. The maximum Gasteiger partial charge on any atom is 0.335 e. The number of carbonyl (C=O) groups excluding carboxylic acids is 1. The first kappa shape index (κ1) is 17.9. The summed E-state index contributed by atoms with van der Waals surface area (Å²) in [5.74, 6) is -0.894. The Hall–Kier alpha value is -4.47. The second kappa shape index (κ2) is 7.27. The molecule has 4 aromatic rings. The van der Waals surface area contributed by atoms with Crippen molar-refractivity contribution in [3.8, 4) is 0 Å². The number of nitrogens with zero attached hydrogens (tertiary/aromatic N) is 3. The molecule has 0 saturated heterocycles. The summed E-state index contributed by atoms with van der Waals surface area (Å²) in [4.78, 5) is 31.7. The van der Waals surface area contributed by atoms with Crippen molar-refractivity contribution < 1.29 is 14.7 Å². The third-order valence-corrected chi connectivity index (χ3v) is 4.09. The van der Waals surface area contributed by atoms with Gasteiger partial charge in [-0.15, -0.1) is 0 Å². The molecule has 4 rings (SSSR count). The maximum atomic E-state index is 12.7. The van der Waals surface area contributed by atoms with Crippen molar-refractivity contribution in [2.75, 3.05) is 16.4 Å². The zero-order chi connectivity index (χ0) is 20.4. The van der Waals surface area contributed by atoms with E-state index in [4.69, 9.17) is 10.8 Å². The number of aromatic amines is 1. The Labute approximate surface area is 163 Å². The number of amides is 1. The third-order valence-electron chi connectivity index (χ3n) is 4.09. The number of nitrogens with one attached hydrogen (secondary N) is 3. The van der Waals surface area contributed by atoms with Crippen LogP contribution in [0.15, 0.2) is 54.7 Å². The number of aromatic nitrogens is 4. The second-order valence-corrected chi connectivity index (χ2v) is 6.10. The molecule has 0 saturated carbocycles. The summed E-state index contributed by atoms with van der Waals surface area (Å²) in [5, 5.41) is 22.3. The Morgan fingerprint density at radius 1 is 1.07 bits per heavy atom. The standard InChI is InChI=1S/C19H15N7O3/c20-19-21-7-6-15(24-19)22-12-4-5-14-13(9-12)16(26-25-14)17(27)23-11-3-1-2-10(8-11)18(28)29/h1-9H,(H,23,27)(H,25,26)(H,28,29)(H3,20,21,22,24). The Balaban J connectivity index is 1.61. The Morgan fingerprint density at radius 2 is 1.93 bits per heavy atom. The summed E-state index contributed by atoms with van der Waals surface area (Å²) in [6, 6.07) is 13.0. The van der Waals surface area contributed by atoms with Gasteiger partial charge in [0.25, 0.3) is 5.91 Å². The lowest BCUT2D eigenvalue weighted by molar-refractivity contribution is 0.0696. The minimum absolute atomic E-state index is 0.0743. The number of nitrogen functional groups attached to an aromatic ring is 1. The van der Waals surface area contributed by atoms with E-state index in [9.17, 15) is 9.59 Å². The highest BCUT2D eigenvalue weighted by molar-refractivity contribution is 6.11. The van der Waals surface area contributed by atoms with Gasteiger partial charge in [0, 0.05) is 23.0 Å². The molecule has 6 N–H and O–H groups in total. The van der Waals surface area contributed by atoms with Crippen LogP contribution in [0.5, 0.6) is 0 Å². The van der Waals surface area contributed by atoms with Crippen LogP contribution in [0.2, 0.25) is 0 Å². The van der Waals surface area contributed by atoms with E-state index >= 15 is 0 Å². The maximum absolute atomic E-state index is 12.7. The van der Waals surface area contributed by atoms with Gasteiger partial charge in [-0.25, -0.2) is 9.78 Å². The number of hydrogen-bond donors (Lipinski definition) is 5. The number of hydrogen-bond acceptors (Lipinski definition) is 7. The van der Waals surface area contributed by atoms with E-state index in [0.717, 1.165) is 0 Å². The van der Waals surface area contributed by atoms with E-state index < -0.39 is 11.9 Å². The summed E-state index contributed by atoms with van der Waals surface area (Å²) in [6.45, 7) is 0. The van der Waals surface area contributed by atoms with Gasteiger partial charge in [0.2, 0.25) is 5.95 Å². The number of carboxylic acids is 1. The smallest absolute Gasteiger partial charge is 0.335 e. The van der Waals surface area contributed by atoms with Crippen LogP contribution in [0.4, 0.5) is 23.1 Å². The topological polar surface area (TPSA) is 159 Å². The summed E-state index contributed by atoms with van der Waals surface area (Å²) in [7, 11) is 0. The van der Waals surface area contributed by atoms with Crippen molar-refractivity contribution in [1.29, 1.82) is 0 Å². The third kappa shape index (κ3) is 3.81. The molecule has 2 heterocycles. The largest absolute Gasteiger partial charge is 0.478 e. The molecule has 0 fully saturated rings. The number of carboxylic acid groups (broad SMARTS) is 1. The second-order valence-electron chi connectivity index (χ2n) is 6.10. The van der Waals surface area contributed by atoms with Crippen molar-refractivity contribution in [2.45, 2.75) is 0 Å². The van der Waals surface area contributed by atoms with Crippen LogP contribution in [0.1, 0.15) is 20.8 Å². The normalized spacial score (nSPS) is 10.6. The van der Waals surface area contributed by atoms with Gasteiger partial charge < -0.3 is 21.5 Å². The molecule has 29 heavy (non-hydrogen) atoms. The lowest BCUT2D eigenvalue weighted by atomic mass is 10.1. The number of nitrogens with two attached hydrogens (primary N) is 1. The van der Waals surface area contributed by atoms with Gasteiger partial charge in [0.05, 0.1) is 11.1 Å². The average molecular weight is 389 g/mol. The number of carbonyl (C=O) groups is 2. The van der Waals surface area contributed by atoms with Gasteiger partial charge >= 0.3 is 5.97 Å². The molecule has 0 bridgehead atoms. The highest BCUT2D eigenvalue weighted by Gasteiger charge is 2.16. The monoisotopic (exact) mass is 389 g/mol. The van der Waals surface area contributed by atoms with Crippen LogP contribution in [-0.4, -0.2) is 37.1 Å². The van der Waals surface area contributed by atoms with Crippen LogP contribution < -0.4 is 16.4 Å². The van der Waals surface area contributed by atoms with Gasteiger partial charge in [0.15, 0.2) is 5.69 Å². The highest BCUT2D eigenvalue weighted by Crippen LogP contribution is 2.24. The van der Waals surface area contributed by atoms with Gasteiger partial charge in [-0.1, -0.05) is 6.07 Å². The molecule has 2 aromatic carbocycles. The number of rotatable bonds is 5. The Morgan fingerprint density at radius 3 is 2.72 bits per heavy atom. The van der Waals surface area contributed by atoms with Crippen molar-refractivity contribution in [3.05, 3.63) is 66.0 Å². The minimum atomic E-state index is -1.08. The lowest BCUT2D eigenvalue weighted by Gasteiger charge is -2.07. The molecule has 1 amide bonds. The van der Waals surface area contributed by atoms with Crippen LogP contribution >= 0.6 is 0 Å².